The van der Waals surface area contributed by atoms with E-state index < -0.39 is 8.56 Å². The van der Waals surface area contributed by atoms with Gasteiger partial charge in [0.2, 0.25) is 0 Å². The van der Waals surface area contributed by atoms with Crippen molar-refractivity contribution in [2.45, 2.75) is 40.2 Å². The molecule has 130 valence electrons. The Labute approximate surface area is 143 Å². The highest BCUT2D eigenvalue weighted by Crippen LogP contribution is 2.18. The summed E-state index contributed by atoms with van der Waals surface area (Å²) in [6.07, 6.45) is 2.99. The first-order chi connectivity index (χ1) is 11.2. The van der Waals surface area contributed by atoms with Gasteiger partial charge in [-0.15, -0.1) is 0 Å². The van der Waals surface area contributed by atoms with Gasteiger partial charge in [-0.05, 0) is 56.7 Å². The van der Waals surface area contributed by atoms with Gasteiger partial charge in [-0.3, -0.25) is 0 Å². The third kappa shape index (κ3) is 5.88. The predicted octanol–water partition coefficient (Wildman–Crippen LogP) is 3.78. The SMILES string of the molecule is C=Cc1cccc([Si](CCCN(CC)CC)(OCC)OCC)c1. The Morgan fingerprint density at radius 3 is 2.26 bits per heavy atom. The molecule has 0 aromatic heterocycles. The highest BCUT2D eigenvalue weighted by atomic mass is 28.4. The molecule has 0 saturated heterocycles. The van der Waals surface area contributed by atoms with E-state index in [1.165, 1.54) is 5.19 Å². The highest BCUT2D eigenvalue weighted by molar-refractivity contribution is 6.81. The molecule has 1 rings (SSSR count). The molecule has 0 bridgehead atoms. The van der Waals surface area contributed by atoms with Crippen LogP contribution in [0.2, 0.25) is 6.04 Å². The fraction of sp³-hybridized carbons (Fsp3) is 0.579. The van der Waals surface area contributed by atoms with Crippen molar-refractivity contribution < 1.29 is 8.85 Å². The summed E-state index contributed by atoms with van der Waals surface area (Å²) in [7, 11) is -2.39. The number of nitrogens with zero attached hydrogens (tertiary/aromatic N) is 1. The summed E-state index contributed by atoms with van der Waals surface area (Å²) in [4.78, 5) is 2.46. The normalized spacial score (nSPS) is 11.9. The Kier molecular flexibility index (Phi) is 9.40. The van der Waals surface area contributed by atoms with Crippen LogP contribution in [0.3, 0.4) is 0 Å². The molecule has 0 aliphatic heterocycles. The molecule has 0 saturated carbocycles. The Morgan fingerprint density at radius 1 is 1.09 bits per heavy atom. The number of benzene rings is 1. The second-order valence-corrected chi connectivity index (χ2v) is 8.74. The minimum Gasteiger partial charge on any atom is -0.391 e. The average Bonchev–Trinajstić information content (AvgIpc) is 2.59. The van der Waals surface area contributed by atoms with Gasteiger partial charge < -0.3 is 13.8 Å². The molecule has 23 heavy (non-hydrogen) atoms. The minimum absolute atomic E-state index is 0.690. The molecule has 4 heteroatoms. The lowest BCUT2D eigenvalue weighted by Gasteiger charge is -2.31. The van der Waals surface area contributed by atoms with Crippen molar-refractivity contribution in [3.8, 4) is 0 Å². The molecule has 0 fully saturated rings. The first-order valence-corrected chi connectivity index (χ1v) is 10.9. The molecule has 1 aromatic rings. The molecule has 0 spiro atoms. The maximum absolute atomic E-state index is 6.27. The van der Waals surface area contributed by atoms with Gasteiger partial charge in [0.05, 0.1) is 0 Å². The topological polar surface area (TPSA) is 21.7 Å². The van der Waals surface area contributed by atoms with E-state index in [1.54, 1.807) is 0 Å². The Hall–Kier alpha value is -0.943. The Morgan fingerprint density at radius 2 is 1.74 bits per heavy atom. The van der Waals surface area contributed by atoms with Crippen LogP contribution in [0.4, 0.5) is 0 Å². The number of rotatable bonds is 12. The zero-order chi connectivity index (χ0) is 17.1. The maximum Gasteiger partial charge on any atom is 0.372 e. The van der Waals surface area contributed by atoms with E-state index in [0.717, 1.165) is 37.7 Å². The van der Waals surface area contributed by atoms with Crippen LogP contribution in [0.1, 0.15) is 39.7 Å². The van der Waals surface area contributed by atoms with Crippen molar-refractivity contribution in [1.29, 1.82) is 0 Å². The van der Waals surface area contributed by atoms with Crippen molar-refractivity contribution in [1.82, 2.24) is 4.90 Å². The molecule has 0 aliphatic carbocycles. The van der Waals surface area contributed by atoms with Crippen LogP contribution in [0.15, 0.2) is 30.8 Å². The average molecular weight is 336 g/mol. The van der Waals surface area contributed by atoms with Gasteiger partial charge in [0.25, 0.3) is 0 Å². The van der Waals surface area contributed by atoms with Crippen molar-refractivity contribution in [2.75, 3.05) is 32.8 Å². The number of hydrogen-bond donors (Lipinski definition) is 0. The lowest BCUT2D eigenvalue weighted by molar-refractivity contribution is 0.192. The maximum atomic E-state index is 6.27. The molecule has 0 amide bonds. The van der Waals surface area contributed by atoms with Gasteiger partial charge in [0.15, 0.2) is 0 Å². The van der Waals surface area contributed by atoms with Crippen molar-refractivity contribution in [3.63, 3.8) is 0 Å². The molecular formula is C19H33NO2Si. The third-order valence-electron chi connectivity index (χ3n) is 4.19. The molecule has 0 aliphatic rings. The zero-order valence-electron chi connectivity index (χ0n) is 15.3. The quantitative estimate of drug-likeness (QED) is 0.543. The van der Waals surface area contributed by atoms with Crippen LogP contribution in [0.5, 0.6) is 0 Å². The van der Waals surface area contributed by atoms with Gasteiger partial charge in [0, 0.05) is 13.2 Å². The van der Waals surface area contributed by atoms with Gasteiger partial charge in [0.1, 0.15) is 0 Å². The minimum atomic E-state index is -2.39. The van der Waals surface area contributed by atoms with E-state index in [9.17, 15) is 0 Å². The van der Waals surface area contributed by atoms with Crippen LogP contribution < -0.4 is 5.19 Å². The fourth-order valence-corrected chi connectivity index (χ4v) is 6.23. The van der Waals surface area contributed by atoms with E-state index in [-0.39, 0.29) is 0 Å². The Balaban J connectivity index is 2.97. The molecule has 0 unspecified atom stereocenters. The van der Waals surface area contributed by atoms with E-state index in [0.29, 0.717) is 13.2 Å². The van der Waals surface area contributed by atoms with E-state index in [2.05, 4.69) is 63.4 Å². The molecular weight excluding hydrogens is 302 g/mol. The molecule has 0 heterocycles. The van der Waals surface area contributed by atoms with Crippen LogP contribution in [0, 0.1) is 0 Å². The summed E-state index contributed by atoms with van der Waals surface area (Å²) in [5.74, 6) is 0. The molecule has 0 N–H and O–H groups in total. The zero-order valence-corrected chi connectivity index (χ0v) is 16.3. The molecule has 1 aromatic carbocycles. The van der Waals surface area contributed by atoms with Gasteiger partial charge in [-0.1, -0.05) is 50.8 Å². The number of hydrogen-bond acceptors (Lipinski definition) is 3. The summed E-state index contributed by atoms with van der Waals surface area (Å²) in [6, 6.07) is 9.48. The van der Waals surface area contributed by atoms with Crippen LogP contribution >= 0.6 is 0 Å². The summed E-state index contributed by atoms with van der Waals surface area (Å²) < 4.78 is 12.5. The Bertz CT molecular complexity index is 454. The first-order valence-electron chi connectivity index (χ1n) is 8.88. The summed E-state index contributed by atoms with van der Waals surface area (Å²) in [6.45, 7) is 17.1. The molecule has 0 atom stereocenters. The van der Waals surface area contributed by atoms with Gasteiger partial charge in [-0.2, -0.15) is 0 Å². The standard InChI is InChI=1S/C19H33NO2Si/c1-6-18-13-11-14-19(17-18)23(21-9-4,22-10-5)16-12-15-20(7-2)8-3/h6,11,13-14,17H,1,7-10,12,15-16H2,2-5H3. The van der Waals surface area contributed by atoms with E-state index >= 15 is 0 Å². The lowest BCUT2D eigenvalue weighted by Crippen LogP contribution is -2.54. The van der Waals surface area contributed by atoms with Crippen molar-refractivity contribution in [2.24, 2.45) is 0 Å². The highest BCUT2D eigenvalue weighted by Gasteiger charge is 2.39. The van der Waals surface area contributed by atoms with Crippen LogP contribution in [0.25, 0.3) is 6.08 Å². The summed E-state index contributed by atoms with van der Waals surface area (Å²) in [5.41, 5.74) is 1.13. The largest absolute Gasteiger partial charge is 0.391 e. The van der Waals surface area contributed by atoms with E-state index in [4.69, 9.17) is 8.85 Å². The molecule has 3 nitrogen and oxygen atoms in total. The third-order valence-corrected chi connectivity index (χ3v) is 7.90. The smallest absolute Gasteiger partial charge is 0.372 e. The van der Waals surface area contributed by atoms with E-state index in [1.807, 2.05) is 6.08 Å². The van der Waals surface area contributed by atoms with Crippen LogP contribution in [-0.2, 0) is 8.85 Å². The molecule has 0 radical (unpaired) electrons. The second kappa shape index (κ2) is 10.8. The van der Waals surface area contributed by atoms with Crippen molar-refractivity contribution >= 4 is 19.8 Å². The van der Waals surface area contributed by atoms with Gasteiger partial charge >= 0.3 is 8.56 Å². The van der Waals surface area contributed by atoms with Crippen molar-refractivity contribution in [3.05, 3.63) is 36.4 Å². The summed E-state index contributed by atoms with van der Waals surface area (Å²) >= 11 is 0. The fourth-order valence-electron chi connectivity index (χ4n) is 2.94. The second-order valence-electron chi connectivity index (χ2n) is 5.58. The summed E-state index contributed by atoms with van der Waals surface area (Å²) in [5, 5.41) is 1.22. The first kappa shape index (κ1) is 20.1. The monoisotopic (exact) mass is 335 g/mol. The predicted molar refractivity (Wildman–Crippen MR) is 102 cm³/mol. The lowest BCUT2D eigenvalue weighted by atomic mass is 10.2. The van der Waals surface area contributed by atoms with Gasteiger partial charge in [-0.25, -0.2) is 0 Å². The van der Waals surface area contributed by atoms with Crippen LogP contribution in [-0.4, -0.2) is 46.3 Å².